The summed E-state index contributed by atoms with van der Waals surface area (Å²) in [7, 11) is 5.26. The van der Waals surface area contributed by atoms with Crippen LogP contribution in [0.2, 0.25) is 0 Å². The fraction of sp³-hybridized carbons (Fsp3) is 1.00. The summed E-state index contributed by atoms with van der Waals surface area (Å²) in [6.07, 6.45) is -4.31. The fourth-order valence-electron chi connectivity index (χ4n) is 1.04. The van der Waals surface area contributed by atoms with E-state index in [1.54, 1.807) is 7.05 Å². The second-order valence-corrected chi connectivity index (χ2v) is 3.40. The third-order valence-corrected chi connectivity index (χ3v) is 1.81. The summed E-state index contributed by atoms with van der Waals surface area (Å²) in [4.78, 5) is 1.88. The average molecular weight is 198 g/mol. The lowest BCUT2D eigenvalue weighted by Crippen LogP contribution is -2.33. The van der Waals surface area contributed by atoms with Crippen LogP contribution in [0.3, 0.4) is 0 Å². The molecule has 0 aliphatic carbocycles. The van der Waals surface area contributed by atoms with Gasteiger partial charge in [-0.3, -0.25) is 0 Å². The third-order valence-electron chi connectivity index (χ3n) is 1.81. The van der Waals surface area contributed by atoms with Crippen LogP contribution in [0.5, 0.6) is 0 Å². The molecule has 0 amide bonds. The number of nitrogens with one attached hydrogen (secondary N) is 1. The van der Waals surface area contributed by atoms with Gasteiger partial charge in [-0.25, -0.2) is 0 Å². The van der Waals surface area contributed by atoms with E-state index in [9.17, 15) is 13.2 Å². The first-order chi connectivity index (χ1) is 5.85. The molecule has 0 aliphatic heterocycles. The summed E-state index contributed by atoms with van der Waals surface area (Å²) in [5, 5.41) is 2.67. The SMILES string of the molecule is CNC(CCN(C)C)CC(F)(F)F. The normalized spacial score (nSPS) is 15.0. The van der Waals surface area contributed by atoms with Crippen LogP contribution in [0.1, 0.15) is 12.8 Å². The maximum atomic E-state index is 12.0. The zero-order chi connectivity index (χ0) is 10.5. The Labute approximate surface area is 77.1 Å². The van der Waals surface area contributed by atoms with Crippen LogP contribution in [0.4, 0.5) is 13.2 Å². The molecule has 0 spiro atoms. The first kappa shape index (κ1) is 12.7. The Kier molecular flexibility index (Phi) is 5.32. The minimum atomic E-state index is -4.07. The molecule has 2 nitrogen and oxygen atoms in total. The highest BCUT2D eigenvalue weighted by atomic mass is 19.4. The van der Waals surface area contributed by atoms with Gasteiger partial charge in [0, 0.05) is 6.04 Å². The summed E-state index contributed by atoms with van der Waals surface area (Å²) in [6, 6.07) is -0.470. The van der Waals surface area contributed by atoms with Crippen LogP contribution in [-0.4, -0.2) is 44.8 Å². The van der Waals surface area contributed by atoms with Crippen molar-refractivity contribution in [1.29, 1.82) is 0 Å². The van der Waals surface area contributed by atoms with E-state index >= 15 is 0 Å². The van der Waals surface area contributed by atoms with Gasteiger partial charge in [0.05, 0.1) is 6.42 Å². The maximum Gasteiger partial charge on any atom is 0.390 e. The molecule has 13 heavy (non-hydrogen) atoms. The Hall–Kier alpha value is -0.290. The molecule has 0 aromatic carbocycles. The Balaban J connectivity index is 3.76. The van der Waals surface area contributed by atoms with Gasteiger partial charge in [-0.1, -0.05) is 0 Å². The topological polar surface area (TPSA) is 15.3 Å². The summed E-state index contributed by atoms with van der Waals surface area (Å²) in [5.74, 6) is 0. The van der Waals surface area contributed by atoms with Gasteiger partial charge in [0.2, 0.25) is 0 Å². The van der Waals surface area contributed by atoms with E-state index < -0.39 is 18.6 Å². The molecule has 0 saturated carbocycles. The van der Waals surface area contributed by atoms with Crippen molar-refractivity contribution >= 4 is 0 Å². The number of halogens is 3. The minimum absolute atomic E-state index is 0.470. The first-order valence-corrected chi connectivity index (χ1v) is 4.24. The fourth-order valence-corrected chi connectivity index (χ4v) is 1.04. The van der Waals surface area contributed by atoms with Crippen molar-refractivity contribution in [2.45, 2.75) is 25.1 Å². The van der Waals surface area contributed by atoms with Gasteiger partial charge in [-0.15, -0.1) is 0 Å². The van der Waals surface area contributed by atoms with Crippen molar-refractivity contribution in [3.05, 3.63) is 0 Å². The molecule has 0 saturated heterocycles. The summed E-state index contributed by atoms with van der Waals surface area (Å²) < 4.78 is 35.9. The van der Waals surface area contributed by atoms with Gasteiger partial charge in [0.25, 0.3) is 0 Å². The zero-order valence-electron chi connectivity index (χ0n) is 8.28. The Morgan fingerprint density at radius 3 is 2.15 bits per heavy atom. The highest BCUT2D eigenvalue weighted by molar-refractivity contribution is 4.69. The van der Waals surface area contributed by atoms with E-state index in [1.807, 2.05) is 19.0 Å². The van der Waals surface area contributed by atoms with Gasteiger partial charge in [-0.2, -0.15) is 13.2 Å². The average Bonchev–Trinajstić information content (AvgIpc) is 1.95. The van der Waals surface area contributed by atoms with Crippen molar-refractivity contribution in [2.75, 3.05) is 27.7 Å². The van der Waals surface area contributed by atoms with E-state index in [0.29, 0.717) is 13.0 Å². The van der Waals surface area contributed by atoms with Crippen molar-refractivity contribution in [2.24, 2.45) is 0 Å². The van der Waals surface area contributed by atoms with Gasteiger partial charge in [0.1, 0.15) is 0 Å². The smallest absolute Gasteiger partial charge is 0.317 e. The van der Waals surface area contributed by atoms with E-state index in [-0.39, 0.29) is 0 Å². The number of alkyl halides is 3. The molecular formula is C8H17F3N2. The first-order valence-electron chi connectivity index (χ1n) is 4.24. The molecule has 0 aromatic rings. The molecular weight excluding hydrogens is 181 g/mol. The number of hydrogen-bond donors (Lipinski definition) is 1. The Bertz CT molecular complexity index is 134. The van der Waals surface area contributed by atoms with E-state index in [2.05, 4.69) is 5.32 Å². The predicted octanol–water partition coefficient (Wildman–Crippen LogP) is 1.48. The molecule has 1 unspecified atom stereocenters. The summed E-state index contributed by atoms with van der Waals surface area (Å²) in [5.41, 5.74) is 0. The molecule has 0 radical (unpaired) electrons. The molecule has 0 bridgehead atoms. The quantitative estimate of drug-likeness (QED) is 0.719. The van der Waals surface area contributed by atoms with Crippen LogP contribution in [0.25, 0.3) is 0 Å². The van der Waals surface area contributed by atoms with Crippen LogP contribution < -0.4 is 5.32 Å². The highest BCUT2D eigenvalue weighted by Crippen LogP contribution is 2.22. The lowest BCUT2D eigenvalue weighted by molar-refractivity contribution is -0.140. The van der Waals surface area contributed by atoms with Crippen LogP contribution in [0, 0.1) is 0 Å². The second-order valence-electron chi connectivity index (χ2n) is 3.40. The highest BCUT2D eigenvalue weighted by Gasteiger charge is 2.30. The van der Waals surface area contributed by atoms with Gasteiger partial charge < -0.3 is 10.2 Å². The van der Waals surface area contributed by atoms with Crippen molar-refractivity contribution in [3.63, 3.8) is 0 Å². The van der Waals surface area contributed by atoms with Crippen molar-refractivity contribution in [1.82, 2.24) is 10.2 Å². The minimum Gasteiger partial charge on any atom is -0.317 e. The van der Waals surface area contributed by atoms with Crippen LogP contribution >= 0.6 is 0 Å². The van der Waals surface area contributed by atoms with Gasteiger partial charge >= 0.3 is 6.18 Å². The number of nitrogens with zero attached hydrogens (tertiary/aromatic N) is 1. The maximum absolute atomic E-state index is 12.0. The molecule has 5 heteroatoms. The molecule has 80 valence electrons. The number of rotatable bonds is 5. The molecule has 0 heterocycles. The van der Waals surface area contributed by atoms with Crippen molar-refractivity contribution in [3.8, 4) is 0 Å². The lowest BCUT2D eigenvalue weighted by Gasteiger charge is -2.19. The Morgan fingerprint density at radius 1 is 1.31 bits per heavy atom. The Morgan fingerprint density at radius 2 is 1.85 bits per heavy atom. The standard InChI is InChI=1S/C8H17F3N2/c1-12-7(4-5-13(2)3)6-8(9,10)11/h7,12H,4-6H2,1-3H3. The monoisotopic (exact) mass is 198 g/mol. The summed E-state index contributed by atoms with van der Waals surface area (Å²) >= 11 is 0. The van der Waals surface area contributed by atoms with Crippen LogP contribution in [0.15, 0.2) is 0 Å². The van der Waals surface area contributed by atoms with E-state index in [4.69, 9.17) is 0 Å². The van der Waals surface area contributed by atoms with E-state index in [1.165, 1.54) is 0 Å². The van der Waals surface area contributed by atoms with Crippen LogP contribution in [-0.2, 0) is 0 Å². The number of hydrogen-bond acceptors (Lipinski definition) is 2. The molecule has 0 aliphatic rings. The van der Waals surface area contributed by atoms with Crippen molar-refractivity contribution < 1.29 is 13.2 Å². The molecule has 1 N–H and O–H groups in total. The summed E-state index contributed by atoms with van der Waals surface area (Å²) in [6.45, 7) is 0.668. The van der Waals surface area contributed by atoms with E-state index in [0.717, 1.165) is 0 Å². The molecule has 0 aromatic heterocycles. The second kappa shape index (κ2) is 5.44. The van der Waals surface area contributed by atoms with Gasteiger partial charge in [-0.05, 0) is 34.1 Å². The molecule has 0 rings (SSSR count). The lowest BCUT2D eigenvalue weighted by atomic mass is 10.1. The third kappa shape index (κ3) is 8.05. The molecule has 1 atom stereocenters. The largest absolute Gasteiger partial charge is 0.390 e. The predicted molar refractivity (Wildman–Crippen MR) is 46.7 cm³/mol. The van der Waals surface area contributed by atoms with Gasteiger partial charge in [0.15, 0.2) is 0 Å². The molecule has 0 fully saturated rings. The zero-order valence-corrected chi connectivity index (χ0v) is 8.28.